The van der Waals surface area contributed by atoms with Gasteiger partial charge in [0, 0.05) is 29.4 Å². The van der Waals surface area contributed by atoms with Crippen molar-refractivity contribution in [3.8, 4) is 0 Å². The normalized spacial score (nSPS) is 23.2. The number of alkyl halides is 1. The topological polar surface area (TPSA) is 16.1 Å². The van der Waals surface area contributed by atoms with Gasteiger partial charge in [0.05, 0.1) is 5.52 Å². The fourth-order valence-corrected chi connectivity index (χ4v) is 3.24. The van der Waals surface area contributed by atoms with Crippen LogP contribution in [0.3, 0.4) is 0 Å². The van der Waals surface area contributed by atoms with Crippen LogP contribution in [0.15, 0.2) is 30.3 Å². The van der Waals surface area contributed by atoms with Crippen molar-refractivity contribution in [3.63, 3.8) is 0 Å². The van der Waals surface area contributed by atoms with Gasteiger partial charge in [-0.1, -0.05) is 48.0 Å². The predicted molar refractivity (Wildman–Crippen MR) is 84.9 cm³/mol. The van der Waals surface area contributed by atoms with Crippen LogP contribution in [0, 0.1) is 11.8 Å². The molecule has 2 aromatic rings. The lowest BCUT2D eigenvalue weighted by atomic mass is 10.0. The van der Waals surface area contributed by atoms with Gasteiger partial charge in [0.25, 0.3) is 0 Å². The van der Waals surface area contributed by atoms with E-state index in [1.54, 1.807) is 0 Å². The van der Waals surface area contributed by atoms with Crippen molar-refractivity contribution in [2.45, 2.75) is 19.2 Å². The minimum Gasteiger partial charge on any atom is -0.356 e. The molecule has 0 bridgehead atoms. The fourth-order valence-electron chi connectivity index (χ4n) is 2.82. The van der Waals surface area contributed by atoms with Gasteiger partial charge in [-0.3, -0.25) is 0 Å². The van der Waals surface area contributed by atoms with Gasteiger partial charge in [0.1, 0.15) is 5.82 Å². The number of anilines is 1. The first-order valence-electron chi connectivity index (χ1n) is 6.88. The maximum atomic E-state index is 4.89. The Balaban J connectivity index is 2.07. The summed E-state index contributed by atoms with van der Waals surface area (Å²) in [6, 6.07) is 10.6. The van der Waals surface area contributed by atoms with E-state index in [1.165, 1.54) is 10.9 Å². The van der Waals surface area contributed by atoms with Gasteiger partial charge in [-0.05, 0) is 24.0 Å². The van der Waals surface area contributed by atoms with E-state index in [9.17, 15) is 0 Å². The van der Waals surface area contributed by atoms with Crippen molar-refractivity contribution in [2.24, 2.45) is 11.8 Å². The van der Waals surface area contributed by atoms with Crippen molar-refractivity contribution < 1.29 is 0 Å². The number of benzene rings is 1. The Morgan fingerprint density at radius 1 is 1.21 bits per heavy atom. The molecule has 2 atom stereocenters. The van der Waals surface area contributed by atoms with Crippen molar-refractivity contribution >= 4 is 32.7 Å². The zero-order valence-corrected chi connectivity index (χ0v) is 13.0. The van der Waals surface area contributed by atoms with Gasteiger partial charge >= 0.3 is 0 Å². The Hall–Kier alpha value is -1.09. The van der Waals surface area contributed by atoms with Gasteiger partial charge < -0.3 is 4.90 Å². The van der Waals surface area contributed by atoms with E-state index in [1.807, 2.05) is 0 Å². The van der Waals surface area contributed by atoms with E-state index in [-0.39, 0.29) is 0 Å². The number of aromatic nitrogens is 1. The summed E-state index contributed by atoms with van der Waals surface area (Å²) in [6.45, 7) is 6.90. The van der Waals surface area contributed by atoms with Crippen LogP contribution in [0.4, 0.5) is 5.82 Å². The summed E-state index contributed by atoms with van der Waals surface area (Å²) in [5.74, 6) is 2.65. The zero-order valence-electron chi connectivity index (χ0n) is 11.4. The molecule has 1 aliphatic heterocycles. The summed E-state index contributed by atoms with van der Waals surface area (Å²) in [4.78, 5) is 7.34. The van der Waals surface area contributed by atoms with Gasteiger partial charge in [-0.25, -0.2) is 4.98 Å². The smallest absolute Gasteiger partial charge is 0.133 e. The molecule has 2 nitrogen and oxygen atoms in total. The second kappa shape index (κ2) is 5.12. The van der Waals surface area contributed by atoms with Crippen LogP contribution < -0.4 is 4.90 Å². The largest absolute Gasteiger partial charge is 0.356 e. The Bertz CT molecular complexity index is 586. The molecule has 3 rings (SSSR count). The molecule has 0 radical (unpaired) electrons. The maximum Gasteiger partial charge on any atom is 0.133 e. The highest BCUT2D eigenvalue weighted by molar-refractivity contribution is 9.08. The van der Waals surface area contributed by atoms with Gasteiger partial charge in [0.2, 0.25) is 0 Å². The van der Waals surface area contributed by atoms with E-state index >= 15 is 0 Å². The number of hydrogen-bond acceptors (Lipinski definition) is 2. The Morgan fingerprint density at radius 3 is 2.58 bits per heavy atom. The molecule has 2 unspecified atom stereocenters. The molecule has 1 aromatic heterocycles. The monoisotopic (exact) mass is 318 g/mol. The van der Waals surface area contributed by atoms with E-state index in [0.717, 1.165) is 41.6 Å². The van der Waals surface area contributed by atoms with Crippen LogP contribution in [-0.2, 0) is 5.33 Å². The van der Waals surface area contributed by atoms with Crippen LogP contribution in [0.25, 0.3) is 10.9 Å². The summed E-state index contributed by atoms with van der Waals surface area (Å²) in [5.41, 5.74) is 2.38. The second-order valence-corrected chi connectivity index (χ2v) is 6.22. The third-order valence-electron chi connectivity index (χ3n) is 4.21. The van der Waals surface area contributed by atoms with Crippen LogP contribution in [-0.4, -0.2) is 18.1 Å². The number of pyridine rings is 1. The molecule has 0 N–H and O–H groups in total. The van der Waals surface area contributed by atoms with Crippen LogP contribution >= 0.6 is 15.9 Å². The number of hydrogen-bond donors (Lipinski definition) is 0. The lowest BCUT2D eigenvalue weighted by Crippen LogP contribution is -2.22. The number of rotatable bonds is 2. The third kappa shape index (κ3) is 2.36. The number of halogens is 1. The van der Waals surface area contributed by atoms with Crippen LogP contribution in [0.1, 0.15) is 19.4 Å². The molecule has 0 aliphatic carbocycles. The Morgan fingerprint density at radius 2 is 1.89 bits per heavy atom. The first-order valence-corrected chi connectivity index (χ1v) is 8.00. The molecule has 2 heterocycles. The molecule has 1 saturated heterocycles. The van der Waals surface area contributed by atoms with E-state index in [2.05, 4.69) is 65.0 Å². The Labute approximate surface area is 123 Å². The molecule has 100 valence electrons. The van der Waals surface area contributed by atoms with Crippen molar-refractivity contribution in [3.05, 3.63) is 35.9 Å². The summed E-state index contributed by atoms with van der Waals surface area (Å²) < 4.78 is 0. The number of fused-ring (bicyclic) bond motifs is 1. The van der Waals surface area contributed by atoms with E-state index in [4.69, 9.17) is 4.98 Å². The number of para-hydroxylation sites is 1. The van der Waals surface area contributed by atoms with Crippen molar-refractivity contribution in [1.82, 2.24) is 4.98 Å². The lowest BCUT2D eigenvalue weighted by molar-refractivity contribution is 0.494. The maximum absolute atomic E-state index is 4.89. The highest BCUT2D eigenvalue weighted by Gasteiger charge is 2.28. The average molecular weight is 319 g/mol. The van der Waals surface area contributed by atoms with Crippen molar-refractivity contribution in [1.29, 1.82) is 0 Å². The van der Waals surface area contributed by atoms with Gasteiger partial charge in [-0.2, -0.15) is 0 Å². The predicted octanol–water partition coefficient (Wildman–Crippen LogP) is 4.22. The highest BCUT2D eigenvalue weighted by atomic mass is 79.9. The first-order chi connectivity index (χ1) is 9.19. The van der Waals surface area contributed by atoms with Crippen LogP contribution in [0.5, 0.6) is 0 Å². The molecule has 1 aromatic carbocycles. The van der Waals surface area contributed by atoms with Gasteiger partial charge in [-0.15, -0.1) is 0 Å². The molecular formula is C16H19BrN2. The SMILES string of the molecule is CC1CN(c2nc3ccccc3cc2CBr)CC1C. The van der Waals surface area contributed by atoms with Crippen molar-refractivity contribution in [2.75, 3.05) is 18.0 Å². The molecular weight excluding hydrogens is 300 g/mol. The summed E-state index contributed by atoms with van der Waals surface area (Å²) in [6.07, 6.45) is 0. The first kappa shape index (κ1) is 12.9. The zero-order chi connectivity index (χ0) is 13.4. The second-order valence-electron chi connectivity index (χ2n) is 5.66. The molecule has 0 saturated carbocycles. The molecule has 19 heavy (non-hydrogen) atoms. The quantitative estimate of drug-likeness (QED) is 0.771. The van der Waals surface area contributed by atoms with E-state index < -0.39 is 0 Å². The Kier molecular flexibility index (Phi) is 3.48. The minimum absolute atomic E-state index is 0.747. The van der Waals surface area contributed by atoms with Gasteiger partial charge in [0.15, 0.2) is 0 Å². The molecule has 3 heteroatoms. The fraction of sp³-hybridized carbons (Fsp3) is 0.438. The minimum atomic E-state index is 0.747. The molecule has 1 aliphatic rings. The molecule has 0 amide bonds. The van der Waals surface area contributed by atoms with E-state index in [0.29, 0.717) is 0 Å². The average Bonchev–Trinajstić information content (AvgIpc) is 2.77. The molecule has 1 fully saturated rings. The highest BCUT2D eigenvalue weighted by Crippen LogP contribution is 2.31. The molecule has 0 spiro atoms. The standard InChI is InChI=1S/C16H19BrN2/c1-11-9-19(10-12(11)2)16-14(8-17)7-13-5-3-4-6-15(13)18-16/h3-7,11-12H,8-10H2,1-2H3. The summed E-state index contributed by atoms with van der Waals surface area (Å²) in [5, 5.41) is 2.08. The van der Waals surface area contributed by atoms with Crippen LogP contribution in [0.2, 0.25) is 0 Å². The summed E-state index contributed by atoms with van der Waals surface area (Å²) in [7, 11) is 0. The lowest BCUT2D eigenvalue weighted by Gasteiger charge is -2.20. The summed E-state index contributed by atoms with van der Waals surface area (Å²) >= 11 is 3.60. The third-order valence-corrected chi connectivity index (χ3v) is 4.82. The number of nitrogens with zero attached hydrogens (tertiary/aromatic N) is 2.